The maximum Gasteiger partial charge on any atom is 0.203 e. The summed E-state index contributed by atoms with van der Waals surface area (Å²) in [4.78, 5) is 4.54. The molecule has 0 aliphatic heterocycles. The summed E-state index contributed by atoms with van der Waals surface area (Å²) in [5.41, 5.74) is 6.50. The van der Waals surface area contributed by atoms with E-state index in [-0.39, 0.29) is 0 Å². The molecule has 0 bridgehead atoms. The first-order valence-corrected chi connectivity index (χ1v) is 8.12. The van der Waals surface area contributed by atoms with Crippen LogP contribution in [0.3, 0.4) is 0 Å². The molecule has 1 heterocycles. The number of anilines is 1. The van der Waals surface area contributed by atoms with Crippen LogP contribution in [0.15, 0.2) is 40.8 Å². The quantitative estimate of drug-likeness (QED) is 0.790. The first kappa shape index (κ1) is 14.7. The summed E-state index contributed by atoms with van der Waals surface area (Å²) in [5.74, 6) is 0. The number of benzene rings is 1. The highest BCUT2D eigenvalue weighted by molar-refractivity contribution is 7.14. The number of aromatic nitrogens is 1. The van der Waals surface area contributed by atoms with Crippen molar-refractivity contribution in [3.8, 4) is 11.3 Å². The zero-order valence-corrected chi connectivity index (χ0v) is 12.9. The van der Waals surface area contributed by atoms with Crippen molar-refractivity contribution in [1.29, 1.82) is 0 Å². The second-order valence-electron chi connectivity index (χ2n) is 4.40. The number of hydrazone groups is 1. The van der Waals surface area contributed by atoms with E-state index in [0.717, 1.165) is 29.2 Å². The molecule has 2 aromatic rings. The molecule has 1 aromatic carbocycles. The van der Waals surface area contributed by atoms with Gasteiger partial charge in [0.2, 0.25) is 5.13 Å². The highest BCUT2D eigenvalue weighted by atomic mass is 32.1. The third kappa shape index (κ3) is 3.90. The van der Waals surface area contributed by atoms with Crippen LogP contribution >= 0.6 is 11.3 Å². The van der Waals surface area contributed by atoms with E-state index in [4.69, 9.17) is 0 Å². The molecule has 1 fully saturated rings. The topological polar surface area (TPSA) is 37.3 Å². The molecule has 0 spiro atoms. The number of rotatable bonds is 3. The highest BCUT2D eigenvalue weighted by Gasteiger charge is 2.08. The van der Waals surface area contributed by atoms with Gasteiger partial charge < -0.3 is 0 Å². The Morgan fingerprint density at radius 3 is 2.50 bits per heavy atom. The van der Waals surface area contributed by atoms with E-state index in [2.05, 4.69) is 33.0 Å². The predicted molar refractivity (Wildman–Crippen MR) is 88.4 cm³/mol. The predicted octanol–water partition coefficient (Wildman–Crippen LogP) is 5.18. The molecule has 1 aliphatic rings. The average Bonchev–Trinajstić information content (AvgIpc) is 3.20. The summed E-state index contributed by atoms with van der Waals surface area (Å²) in [5, 5.41) is 7.35. The number of hydrogen-bond acceptors (Lipinski definition) is 4. The Morgan fingerprint density at radius 1 is 1.10 bits per heavy atom. The monoisotopic (exact) mass is 287 g/mol. The van der Waals surface area contributed by atoms with Gasteiger partial charge in [0.25, 0.3) is 0 Å². The van der Waals surface area contributed by atoms with E-state index in [0.29, 0.717) is 0 Å². The molecular formula is C16H21N3S. The minimum atomic E-state index is 0.869. The van der Waals surface area contributed by atoms with E-state index in [1.807, 2.05) is 32.0 Å². The van der Waals surface area contributed by atoms with Crippen molar-refractivity contribution >= 4 is 22.2 Å². The largest absolute Gasteiger partial charge is 0.253 e. The third-order valence-corrected chi connectivity index (χ3v) is 3.81. The molecule has 0 radical (unpaired) electrons. The lowest BCUT2D eigenvalue weighted by atomic mass is 10.2. The molecule has 1 aromatic heterocycles. The molecule has 0 amide bonds. The summed E-state index contributed by atoms with van der Waals surface area (Å²) in [6, 6.07) is 10.2. The van der Waals surface area contributed by atoms with Gasteiger partial charge in [0, 0.05) is 16.7 Å². The van der Waals surface area contributed by atoms with Crippen molar-refractivity contribution < 1.29 is 0 Å². The molecule has 20 heavy (non-hydrogen) atoms. The van der Waals surface area contributed by atoms with Crippen LogP contribution in [-0.4, -0.2) is 10.7 Å². The van der Waals surface area contributed by atoms with Gasteiger partial charge in [-0.2, -0.15) is 5.10 Å². The Balaban J connectivity index is 0.000000704. The lowest BCUT2D eigenvalue weighted by Crippen LogP contribution is -1.95. The van der Waals surface area contributed by atoms with Crippen LogP contribution in [-0.2, 0) is 0 Å². The number of thiazole rings is 1. The molecule has 4 heteroatoms. The molecule has 0 atom stereocenters. The molecule has 3 nitrogen and oxygen atoms in total. The summed E-state index contributed by atoms with van der Waals surface area (Å²) in [7, 11) is 0. The van der Waals surface area contributed by atoms with Crippen LogP contribution in [0.4, 0.5) is 5.13 Å². The maximum atomic E-state index is 4.54. The molecule has 3 rings (SSSR count). The first-order valence-electron chi connectivity index (χ1n) is 7.24. The van der Waals surface area contributed by atoms with E-state index in [1.54, 1.807) is 11.3 Å². The summed E-state index contributed by atoms with van der Waals surface area (Å²) in [6.07, 6.45) is 4.80. The highest BCUT2D eigenvalue weighted by Crippen LogP contribution is 2.25. The first-order chi connectivity index (χ1) is 9.92. The Hall–Kier alpha value is -1.68. The molecule has 106 valence electrons. The summed E-state index contributed by atoms with van der Waals surface area (Å²) < 4.78 is 0. The Bertz CT molecular complexity index is 538. The van der Waals surface area contributed by atoms with E-state index in [1.165, 1.54) is 18.6 Å². The molecule has 1 N–H and O–H groups in total. The van der Waals surface area contributed by atoms with Crippen molar-refractivity contribution in [1.82, 2.24) is 4.98 Å². The van der Waals surface area contributed by atoms with Crippen molar-refractivity contribution in [2.24, 2.45) is 5.10 Å². The number of nitrogens with one attached hydrogen (secondary N) is 1. The van der Waals surface area contributed by atoms with Crippen molar-refractivity contribution in [2.75, 3.05) is 5.43 Å². The lowest BCUT2D eigenvalue weighted by molar-refractivity contribution is 0.886. The van der Waals surface area contributed by atoms with Gasteiger partial charge in [0.05, 0.1) is 5.69 Å². The molecule has 1 aliphatic carbocycles. The van der Waals surface area contributed by atoms with Crippen LogP contribution in [0.2, 0.25) is 0 Å². The van der Waals surface area contributed by atoms with Gasteiger partial charge in [0.15, 0.2) is 0 Å². The SMILES string of the molecule is CC.c1ccc(-c2csc(NN=C3CCCC3)n2)cc1. The normalized spacial score (nSPS) is 13.6. The standard InChI is InChI=1S/C14H15N3S.C2H6/c1-2-6-11(7-3-1)13-10-18-14(15-13)17-16-12-8-4-5-9-12;1-2/h1-3,6-7,10H,4-5,8-9H2,(H,15,17);1-2H3. The molecular weight excluding hydrogens is 266 g/mol. The van der Waals surface area contributed by atoms with E-state index >= 15 is 0 Å². The third-order valence-electron chi connectivity index (χ3n) is 3.06. The number of hydrogen-bond donors (Lipinski definition) is 1. The van der Waals surface area contributed by atoms with Crippen LogP contribution in [0.5, 0.6) is 0 Å². The van der Waals surface area contributed by atoms with Crippen molar-refractivity contribution in [3.05, 3.63) is 35.7 Å². The van der Waals surface area contributed by atoms with Gasteiger partial charge in [0.1, 0.15) is 0 Å². The van der Waals surface area contributed by atoms with Gasteiger partial charge in [-0.25, -0.2) is 4.98 Å². The van der Waals surface area contributed by atoms with Crippen LogP contribution < -0.4 is 5.43 Å². The van der Waals surface area contributed by atoms with E-state index in [9.17, 15) is 0 Å². The van der Waals surface area contributed by atoms with Crippen LogP contribution in [0.25, 0.3) is 11.3 Å². The minimum Gasteiger partial charge on any atom is -0.253 e. The maximum absolute atomic E-state index is 4.54. The fourth-order valence-corrected chi connectivity index (χ4v) is 2.75. The second-order valence-corrected chi connectivity index (χ2v) is 5.26. The van der Waals surface area contributed by atoms with Gasteiger partial charge >= 0.3 is 0 Å². The Labute approximate surface area is 124 Å². The van der Waals surface area contributed by atoms with Gasteiger partial charge in [-0.15, -0.1) is 11.3 Å². The molecule has 1 saturated carbocycles. The van der Waals surface area contributed by atoms with Gasteiger partial charge in [-0.3, -0.25) is 5.43 Å². The lowest BCUT2D eigenvalue weighted by Gasteiger charge is -1.97. The smallest absolute Gasteiger partial charge is 0.203 e. The summed E-state index contributed by atoms with van der Waals surface area (Å²) >= 11 is 1.60. The fraction of sp³-hybridized carbons (Fsp3) is 0.375. The Morgan fingerprint density at radius 2 is 1.80 bits per heavy atom. The van der Waals surface area contributed by atoms with Crippen LogP contribution in [0.1, 0.15) is 39.5 Å². The summed E-state index contributed by atoms with van der Waals surface area (Å²) in [6.45, 7) is 4.00. The van der Waals surface area contributed by atoms with E-state index < -0.39 is 0 Å². The molecule has 0 saturated heterocycles. The zero-order valence-electron chi connectivity index (χ0n) is 12.1. The van der Waals surface area contributed by atoms with Crippen LogP contribution in [0, 0.1) is 0 Å². The van der Waals surface area contributed by atoms with Crippen molar-refractivity contribution in [3.63, 3.8) is 0 Å². The fourth-order valence-electron chi connectivity index (χ4n) is 2.09. The zero-order chi connectivity index (χ0) is 14.2. The molecule has 0 unspecified atom stereocenters. The van der Waals surface area contributed by atoms with Gasteiger partial charge in [-0.1, -0.05) is 44.2 Å². The Kier molecular flexibility index (Phi) is 5.74. The average molecular weight is 287 g/mol. The van der Waals surface area contributed by atoms with Gasteiger partial charge in [-0.05, 0) is 25.7 Å². The van der Waals surface area contributed by atoms with Crippen molar-refractivity contribution in [2.45, 2.75) is 39.5 Å². The minimum absolute atomic E-state index is 0.869. The number of nitrogens with zero attached hydrogens (tertiary/aromatic N) is 2. The second kappa shape index (κ2) is 7.80.